The summed E-state index contributed by atoms with van der Waals surface area (Å²) in [6.07, 6.45) is 2.46. The van der Waals surface area contributed by atoms with Gasteiger partial charge in [0.05, 0.1) is 22.0 Å². The van der Waals surface area contributed by atoms with E-state index in [0.29, 0.717) is 32.6 Å². The lowest BCUT2D eigenvalue weighted by Crippen LogP contribution is -2.17. The number of aryl methyl sites for hydroxylation is 2. The van der Waals surface area contributed by atoms with Crippen molar-refractivity contribution in [1.29, 1.82) is 0 Å². The maximum absolute atomic E-state index is 12.5. The van der Waals surface area contributed by atoms with E-state index < -0.39 is 12.1 Å². The Morgan fingerprint density at radius 3 is 2.70 bits per heavy atom. The Hall–Kier alpha value is -3.13. The SMILES string of the molecule is Cc1sc2nc([C@@H](C)OC(=O)c3ccc4nccnc4c3)[nH]c(=O)c2c1C. The average Bonchev–Trinajstić information content (AvgIpc) is 2.95. The summed E-state index contributed by atoms with van der Waals surface area (Å²) in [6, 6.07) is 4.98. The Balaban J connectivity index is 1.62. The molecule has 0 radical (unpaired) electrons. The van der Waals surface area contributed by atoms with Crippen LogP contribution in [0.5, 0.6) is 0 Å². The Kier molecular flexibility index (Phi) is 4.19. The minimum Gasteiger partial charge on any atom is -0.451 e. The minimum absolute atomic E-state index is 0.222. The van der Waals surface area contributed by atoms with Crippen molar-refractivity contribution in [2.24, 2.45) is 0 Å². The summed E-state index contributed by atoms with van der Waals surface area (Å²) in [6.45, 7) is 5.53. The monoisotopic (exact) mass is 380 g/mol. The van der Waals surface area contributed by atoms with Crippen LogP contribution in [-0.4, -0.2) is 25.9 Å². The van der Waals surface area contributed by atoms with Gasteiger partial charge >= 0.3 is 5.97 Å². The van der Waals surface area contributed by atoms with Gasteiger partial charge in [-0.25, -0.2) is 9.78 Å². The molecule has 1 atom stereocenters. The summed E-state index contributed by atoms with van der Waals surface area (Å²) in [4.78, 5) is 42.1. The second-order valence-electron chi connectivity index (χ2n) is 6.22. The molecule has 3 aromatic heterocycles. The third-order valence-electron chi connectivity index (χ3n) is 4.43. The number of thiophene rings is 1. The van der Waals surface area contributed by atoms with E-state index in [1.165, 1.54) is 11.3 Å². The predicted molar refractivity (Wildman–Crippen MR) is 103 cm³/mol. The van der Waals surface area contributed by atoms with Gasteiger partial charge in [0, 0.05) is 17.3 Å². The molecule has 0 saturated heterocycles. The Bertz CT molecular complexity index is 1240. The van der Waals surface area contributed by atoms with E-state index in [1.54, 1.807) is 37.5 Å². The molecular weight excluding hydrogens is 364 g/mol. The number of carbonyl (C=O) groups is 1. The van der Waals surface area contributed by atoms with Crippen LogP contribution in [0.3, 0.4) is 0 Å². The number of esters is 1. The Morgan fingerprint density at radius 1 is 1.19 bits per heavy atom. The molecule has 1 N–H and O–H groups in total. The van der Waals surface area contributed by atoms with Gasteiger partial charge in [-0.2, -0.15) is 0 Å². The third-order valence-corrected chi connectivity index (χ3v) is 5.53. The van der Waals surface area contributed by atoms with Gasteiger partial charge < -0.3 is 9.72 Å². The van der Waals surface area contributed by atoms with Gasteiger partial charge in [0.15, 0.2) is 11.9 Å². The maximum Gasteiger partial charge on any atom is 0.338 e. The maximum atomic E-state index is 12.5. The highest BCUT2D eigenvalue weighted by atomic mass is 32.1. The van der Waals surface area contributed by atoms with Crippen molar-refractivity contribution in [3.63, 3.8) is 0 Å². The van der Waals surface area contributed by atoms with Crippen molar-refractivity contribution in [2.75, 3.05) is 0 Å². The normalized spacial score (nSPS) is 12.4. The molecule has 0 bridgehead atoms. The molecule has 27 heavy (non-hydrogen) atoms. The molecule has 1 aromatic carbocycles. The molecule has 0 spiro atoms. The number of carbonyl (C=O) groups excluding carboxylic acids is 1. The van der Waals surface area contributed by atoms with E-state index >= 15 is 0 Å². The van der Waals surface area contributed by atoms with Gasteiger partial charge in [-0.1, -0.05) is 0 Å². The number of nitrogens with zero attached hydrogens (tertiary/aromatic N) is 3. The molecular formula is C19H16N4O3S. The number of fused-ring (bicyclic) bond motifs is 2. The first-order chi connectivity index (χ1) is 12.9. The molecule has 0 unspecified atom stereocenters. The van der Waals surface area contributed by atoms with Crippen molar-refractivity contribution in [3.8, 4) is 0 Å². The smallest absolute Gasteiger partial charge is 0.338 e. The van der Waals surface area contributed by atoms with Gasteiger partial charge in [-0.3, -0.25) is 14.8 Å². The number of H-pyrrole nitrogens is 1. The van der Waals surface area contributed by atoms with Crippen LogP contribution in [0.25, 0.3) is 21.3 Å². The zero-order valence-corrected chi connectivity index (χ0v) is 15.8. The molecule has 0 saturated carbocycles. The summed E-state index contributed by atoms with van der Waals surface area (Å²) in [7, 11) is 0. The summed E-state index contributed by atoms with van der Waals surface area (Å²) in [5, 5.41) is 0.591. The van der Waals surface area contributed by atoms with Crippen LogP contribution in [0.2, 0.25) is 0 Å². The van der Waals surface area contributed by atoms with Gasteiger partial charge in [0.2, 0.25) is 0 Å². The van der Waals surface area contributed by atoms with E-state index in [2.05, 4.69) is 19.9 Å². The number of benzene rings is 1. The van der Waals surface area contributed by atoms with Crippen LogP contribution < -0.4 is 5.56 Å². The molecule has 7 nitrogen and oxygen atoms in total. The average molecular weight is 380 g/mol. The first-order valence-corrected chi connectivity index (χ1v) is 9.17. The van der Waals surface area contributed by atoms with Crippen LogP contribution in [0.4, 0.5) is 0 Å². The lowest BCUT2D eigenvalue weighted by Gasteiger charge is -2.12. The van der Waals surface area contributed by atoms with Crippen LogP contribution in [0, 0.1) is 13.8 Å². The molecule has 3 heterocycles. The molecule has 4 rings (SSSR count). The van der Waals surface area contributed by atoms with Crippen LogP contribution in [0.15, 0.2) is 35.4 Å². The molecule has 0 aliphatic heterocycles. The fraction of sp³-hybridized carbons (Fsp3) is 0.211. The van der Waals surface area contributed by atoms with Crippen LogP contribution in [0.1, 0.15) is 39.7 Å². The standard InChI is InChI=1S/C19H16N4O3S/c1-9-11(3)27-18-15(9)17(24)22-16(23-18)10(2)26-19(25)12-4-5-13-14(8-12)21-7-6-20-13/h4-8,10H,1-3H3,(H,22,23,24)/t10-/m1/s1. The van der Waals surface area contributed by atoms with E-state index in [-0.39, 0.29) is 5.56 Å². The van der Waals surface area contributed by atoms with Gasteiger partial charge in [-0.05, 0) is 44.5 Å². The molecule has 136 valence electrons. The van der Waals surface area contributed by atoms with Crippen molar-refractivity contribution in [2.45, 2.75) is 26.9 Å². The Labute approximate surface area is 158 Å². The summed E-state index contributed by atoms with van der Waals surface area (Å²) in [5.41, 5.74) is 2.37. The van der Waals surface area contributed by atoms with Gasteiger partial charge in [0.1, 0.15) is 4.83 Å². The molecule has 0 aliphatic carbocycles. The van der Waals surface area contributed by atoms with E-state index in [4.69, 9.17) is 4.74 Å². The molecule has 0 amide bonds. The number of rotatable bonds is 3. The van der Waals surface area contributed by atoms with E-state index in [0.717, 1.165) is 10.4 Å². The van der Waals surface area contributed by atoms with Gasteiger partial charge in [-0.15, -0.1) is 11.3 Å². The molecule has 8 heteroatoms. The van der Waals surface area contributed by atoms with E-state index in [9.17, 15) is 9.59 Å². The molecule has 0 aliphatic rings. The fourth-order valence-corrected chi connectivity index (χ4v) is 3.88. The number of nitrogens with one attached hydrogen (secondary N) is 1. The molecule has 0 fully saturated rings. The first-order valence-electron chi connectivity index (χ1n) is 8.35. The lowest BCUT2D eigenvalue weighted by atomic mass is 10.2. The van der Waals surface area contributed by atoms with Crippen LogP contribution in [-0.2, 0) is 4.74 Å². The quantitative estimate of drug-likeness (QED) is 0.547. The van der Waals surface area contributed by atoms with Crippen molar-refractivity contribution >= 4 is 38.6 Å². The van der Waals surface area contributed by atoms with Gasteiger partial charge in [0.25, 0.3) is 5.56 Å². The first kappa shape index (κ1) is 17.3. The van der Waals surface area contributed by atoms with E-state index in [1.807, 2.05) is 13.8 Å². The zero-order chi connectivity index (χ0) is 19.1. The fourth-order valence-electron chi connectivity index (χ4n) is 2.84. The van der Waals surface area contributed by atoms with Crippen molar-refractivity contribution in [1.82, 2.24) is 19.9 Å². The molecule has 4 aromatic rings. The van der Waals surface area contributed by atoms with Crippen molar-refractivity contribution in [3.05, 3.63) is 62.8 Å². The number of hydrogen-bond donors (Lipinski definition) is 1. The largest absolute Gasteiger partial charge is 0.451 e. The lowest BCUT2D eigenvalue weighted by molar-refractivity contribution is 0.0320. The zero-order valence-electron chi connectivity index (χ0n) is 14.9. The third kappa shape index (κ3) is 3.08. The summed E-state index contributed by atoms with van der Waals surface area (Å²) in [5.74, 6) is -0.195. The minimum atomic E-state index is -0.699. The van der Waals surface area contributed by atoms with Crippen molar-refractivity contribution < 1.29 is 9.53 Å². The number of aromatic amines is 1. The second-order valence-corrected chi connectivity index (χ2v) is 7.43. The highest BCUT2D eigenvalue weighted by Crippen LogP contribution is 2.27. The second kappa shape index (κ2) is 6.55. The number of ether oxygens (including phenoxy) is 1. The number of aromatic nitrogens is 4. The topological polar surface area (TPSA) is 97.8 Å². The highest BCUT2D eigenvalue weighted by molar-refractivity contribution is 7.18. The summed E-state index contributed by atoms with van der Waals surface area (Å²) < 4.78 is 5.50. The Morgan fingerprint density at radius 2 is 1.93 bits per heavy atom. The summed E-state index contributed by atoms with van der Waals surface area (Å²) >= 11 is 1.45. The predicted octanol–water partition coefficient (Wildman–Crippen LogP) is 3.46. The van der Waals surface area contributed by atoms with Crippen LogP contribution >= 0.6 is 11.3 Å². The number of hydrogen-bond acceptors (Lipinski definition) is 7. The highest BCUT2D eigenvalue weighted by Gasteiger charge is 2.19.